The molecule has 0 radical (unpaired) electrons. The van der Waals surface area contributed by atoms with E-state index in [1.807, 2.05) is 0 Å². The van der Waals surface area contributed by atoms with Gasteiger partial charge in [0.25, 0.3) is 0 Å². The van der Waals surface area contributed by atoms with E-state index in [-0.39, 0.29) is 24.0 Å². The maximum atomic E-state index is 10.4. The molecule has 0 aromatic carbocycles. The zero-order valence-corrected chi connectivity index (χ0v) is 15.2. The summed E-state index contributed by atoms with van der Waals surface area (Å²) in [5.41, 5.74) is 3.27. The van der Waals surface area contributed by atoms with Gasteiger partial charge in [0.2, 0.25) is 0 Å². The summed E-state index contributed by atoms with van der Waals surface area (Å²) in [5.74, 6) is 0.362. The number of fused-ring (bicyclic) bond motifs is 1. The molecular weight excluding hydrogens is 316 g/mol. The van der Waals surface area contributed by atoms with Gasteiger partial charge in [-0.2, -0.15) is 0 Å². The molecule has 25 heavy (non-hydrogen) atoms. The van der Waals surface area contributed by atoms with Crippen LogP contribution in [0.2, 0.25) is 0 Å². The van der Waals surface area contributed by atoms with Crippen molar-refractivity contribution in [2.24, 2.45) is 17.3 Å². The molecule has 0 bridgehead atoms. The van der Waals surface area contributed by atoms with Crippen LogP contribution in [0.3, 0.4) is 0 Å². The van der Waals surface area contributed by atoms with E-state index in [1.165, 1.54) is 5.57 Å². The summed E-state index contributed by atoms with van der Waals surface area (Å²) < 4.78 is 0. The van der Waals surface area contributed by atoms with Crippen molar-refractivity contribution >= 4 is 0 Å². The van der Waals surface area contributed by atoms with Crippen molar-refractivity contribution in [1.82, 2.24) is 0 Å². The van der Waals surface area contributed by atoms with Crippen LogP contribution in [0.5, 0.6) is 0 Å². The lowest BCUT2D eigenvalue weighted by Gasteiger charge is -2.45. The van der Waals surface area contributed by atoms with Gasteiger partial charge >= 0.3 is 0 Å². The van der Waals surface area contributed by atoms with Crippen LogP contribution in [0.1, 0.15) is 51.9 Å². The molecule has 3 saturated carbocycles. The highest BCUT2D eigenvalue weighted by molar-refractivity contribution is 5.36. The first-order valence-electron chi connectivity index (χ1n) is 9.58. The summed E-state index contributed by atoms with van der Waals surface area (Å²) in [6.45, 7) is 6.05. The Balaban J connectivity index is 1.85. The van der Waals surface area contributed by atoms with E-state index < -0.39 is 12.2 Å². The Morgan fingerprint density at radius 2 is 1.92 bits per heavy atom. The van der Waals surface area contributed by atoms with Crippen molar-refractivity contribution in [1.29, 1.82) is 0 Å². The molecule has 4 nitrogen and oxygen atoms in total. The largest absolute Gasteiger partial charge is 0.394 e. The van der Waals surface area contributed by atoms with Gasteiger partial charge in [0, 0.05) is 0 Å². The Morgan fingerprint density at radius 3 is 2.64 bits per heavy atom. The number of allylic oxidation sites excluding steroid dienone is 3. The molecule has 4 N–H and O–H groups in total. The Labute approximate surface area is 150 Å². The molecule has 3 aliphatic rings. The number of aliphatic hydroxyl groups is 4. The molecule has 3 fully saturated rings. The highest BCUT2D eigenvalue weighted by atomic mass is 16.3. The van der Waals surface area contributed by atoms with Gasteiger partial charge in [-0.25, -0.2) is 0 Å². The highest BCUT2D eigenvalue weighted by Crippen LogP contribution is 2.58. The van der Waals surface area contributed by atoms with E-state index in [9.17, 15) is 20.4 Å². The Kier molecular flexibility index (Phi) is 5.54. The minimum atomic E-state index is -0.715. The van der Waals surface area contributed by atoms with Gasteiger partial charge in [0.05, 0.1) is 24.9 Å². The van der Waals surface area contributed by atoms with Crippen LogP contribution in [0.25, 0.3) is 0 Å². The van der Waals surface area contributed by atoms with Crippen molar-refractivity contribution in [3.63, 3.8) is 0 Å². The Hall–Kier alpha value is -0.940. The fourth-order valence-corrected chi connectivity index (χ4v) is 5.50. The summed E-state index contributed by atoms with van der Waals surface area (Å²) in [5, 5.41) is 39.9. The zero-order chi connectivity index (χ0) is 18.2. The van der Waals surface area contributed by atoms with Crippen LogP contribution >= 0.6 is 0 Å². The Morgan fingerprint density at radius 1 is 1.16 bits per heavy atom. The second-order valence-corrected chi connectivity index (χ2v) is 8.49. The van der Waals surface area contributed by atoms with Crippen LogP contribution in [-0.4, -0.2) is 45.3 Å². The second-order valence-electron chi connectivity index (χ2n) is 8.49. The molecule has 0 saturated heterocycles. The van der Waals surface area contributed by atoms with E-state index in [1.54, 1.807) is 0 Å². The van der Waals surface area contributed by atoms with Gasteiger partial charge in [-0.1, -0.05) is 36.8 Å². The first kappa shape index (κ1) is 18.8. The summed E-state index contributed by atoms with van der Waals surface area (Å²) in [6.07, 6.45) is 8.29. The average Bonchev–Trinajstić information content (AvgIpc) is 2.91. The zero-order valence-electron chi connectivity index (χ0n) is 15.2. The van der Waals surface area contributed by atoms with E-state index in [0.29, 0.717) is 25.2 Å². The normalized spacial score (nSPS) is 43.5. The number of hydrogen-bond acceptors (Lipinski definition) is 4. The molecule has 3 rings (SSSR count). The molecule has 140 valence electrons. The summed E-state index contributed by atoms with van der Waals surface area (Å²) in [4.78, 5) is 0. The third-order valence-corrected chi connectivity index (χ3v) is 6.84. The molecule has 3 aliphatic carbocycles. The van der Waals surface area contributed by atoms with Gasteiger partial charge in [0.15, 0.2) is 0 Å². The predicted octanol–water partition coefficient (Wildman–Crippen LogP) is 2.48. The monoisotopic (exact) mass is 348 g/mol. The summed E-state index contributed by atoms with van der Waals surface area (Å²) in [6, 6.07) is 0. The van der Waals surface area contributed by atoms with Gasteiger partial charge in [-0.05, 0) is 67.8 Å². The predicted molar refractivity (Wildman–Crippen MR) is 97.8 cm³/mol. The molecule has 0 aromatic heterocycles. The van der Waals surface area contributed by atoms with Crippen LogP contribution in [0.15, 0.2) is 35.5 Å². The van der Waals surface area contributed by atoms with Gasteiger partial charge in [-0.15, -0.1) is 0 Å². The quantitative estimate of drug-likeness (QED) is 0.632. The molecule has 0 unspecified atom stereocenters. The van der Waals surface area contributed by atoms with Gasteiger partial charge in [0.1, 0.15) is 0 Å². The third-order valence-electron chi connectivity index (χ3n) is 6.84. The maximum absolute atomic E-state index is 10.4. The van der Waals surface area contributed by atoms with E-state index in [2.05, 4.69) is 25.7 Å². The van der Waals surface area contributed by atoms with Crippen molar-refractivity contribution < 1.29 is 20.4 Å². The van der Waals surface area contributed by atoms with Crippen LogP contribution < -0.4 is 0 Å². The van der Waals surface area contributed by atoms with Gasteiger partial charge in [-0.3, -0.25) is 0 Å². The smallest absolute Gasteiger partial charge is 0.0804 e. The van der Waals surface area contributed by atoms with Crippen molar-refractivity contribution in [2.45, 2.75) is 70.2 Å². The van der Waals surface area contributed by atoms with Crippen LogP contribution in [0.4, 0.5) is 0 Å². The lowest BCUT2D eigenvalue weighted by Crippen LogP contribution is -2.43. The maximum Gasteiger partial charge on any atom is 0.0804 e. The lowest BCUT2D eigenvalue weighted by atomic mass is 9.61. The highest BCUT2D eigenvalue weighted by Gasteiger charge is 2.53. The number of aliphatic hydroxyl groups excluding tert-OH is 4. The van der Waals surface area contributed by atoms with Gasteiger partial charge < -0.3 is 20.4 Å². The second kappa shape index (κ2) is 7.36. The standard InChI is InChI=1S/C21H32O4/c1-13-3-6-16(23)9-14(13)4-5-15-10-17(24)11-21(2)18(15)7-8-19(21)20(25)12-22/h4-5,16-20,22-25H,1,3,6-12H2,2H3/b14-4-,15-5+/t16-,17-,18+,19-,20-,21+/m1/s1. The summed E-state index contributed by atoms with van der Waals surface area (Å²) in [7, 11) is 0. The van der Waals surface area contributed by atoms with Crippen LogP contribution in [0, 0.1) is 17.3 Å². The molecule has 0 heterocycles. The SMILES string of the molecule is C=C1CC[C@@H](O)C/C1=C/C=C1\C[C@@H](O)C[C@]2(C)[C@@H]([C@H](O)CO)CC[C@@H]12. The first-order valence-corrected chi connectivity index (χ1v) is 9.58. The van der Waals surface area contributed by atoms with E-state index in [4.69, 9.17) is 0 Å². The van der Waals surface area contributed by atoms with E-state index in [0.717, 1.165) is 36.8 Å². The van der Waals surface area contributed by atoms with Crippen molar-refractivity contribution in [3.8, 4) is 0 Å². The van der Waals surface area contributed by atoms with Crippen LogP contribution in [-0.2, 0) is 0 Å². The van der Waals surface area contributed by atoms with E-state index >= 15 is 0 Å². The fourth-order valence-electron chi connectivity index (χ4n) is 5.50. The summed E-state index contributed by atoms with van der Waals surface area (Å²) >= 11 is 0. The average molecular weight is 348 g/mol. The number of rotatable bonds is 3. The fraction of sp³-hybridized carbons (Fsp3) is 0.714. The minimum absolute atomic E-state index is 0.0278. The molecular formula is C21H32O4. The number of hydrogen-bond donors (Lipinski definition) is 4. The molecule has 6 atom stereocenters. The molecule has 0 aromatic rings. The van der Waals surface area contributed by atoms with Crippen molar-refractivity contribution in [2.75, 3.05) is 6.61 Å². The molecule has 0 aliphatic heterocycles. The third kappa shape index (κ3) is 3.63. The minimum Gasteiger partial charge on any atom is -0.394 e. The lowest BCUT2D eigenvalue weighted by molar-refractivity contribution is -0.0366. The Bertz CT molecular complexity index is 578. The first-order chi connectivity index (χ1) is 11.8. The van der Waals surface area contributed by atoms with Crippen molar-refractivity contribution in [3.05, 3.63) is 35.5 Å². The molecule has 0 spiro atoms. The topological polar surface area (TPSA) is 80.9 Å². The molecule has 0 amide bonds. The molecule has 4 heteroatoms.